The molecule has 1 rings (SSSR count). The smallest absolute Gasteiger partial charge is 0.250 e. The van der Waals surface area contributed by atoms with E-state index >= 15 is 0 Å². The van der Waals surface area contributed by atoms with Gasteiger partial charge in [-0.05, 0) is 17.7 Å². The molecule has 2 amide bonds. The molecule has 19 heavy (non-hydrogen) atoms. The fraction of sp³-hybridized carbons (Fsp3) is 0.364. The summed E-state index contributed by atoms with van der Waals surface area (Å²) >= 11 is 0. The van der Waals surface area contributed by atoms with Crippen LogP contribution in [0.3, 0.4) is 0 Å². The fourth-order valence-electron chi connectivity index (χ4n) is 1.36. The molecule has 0 saturated carbocycles. The summed E-state index contributed by atoms with van der Waals surface area (Å²) in [5.74, 6) is 0. The zero-order valence-electron chi connectivity index (χ0n) is 10.4. The van der Waals surface area contributed by atoms with Crippen LogP contribution in [0.4, 0.5) is 13.7 Å². The first-order valence-electron chi connectivity index (χ1n) is 5.33. The Hall–Kier alpha value is -1.70. The van der Waals surface area contributed by atoms with E-state index in [0.29, 0.717) is 11.1 Å². The van der Waals surface area contributed by atoms with Gasteiger partial charge in [-0.2, -0.15) is 5.54 Å². The van der Waals surface area contributed by atoms with Crippen LogP contribution in [0.2, 0.25) is 0 Å². The van der Waals surface area contributed by atoms with Gasteiger partial charge in [-0.25, -0.2) is 17.9 Å². The van der Waals surface area contributed by atoms with Crippen molar-refractivity contribution in [2.45, 2.75) is 24.2 Å². The van der Waals surface area contributed by atoms with Gasteiger partial charge in [-0.15, -0.1) is 0 Å². The second-order valence-corrected chi connectivity index (χ2v) is 6.25. The minimum absolute atomic E-state index is 0.213. The van der Waals surface area contributed by atoms with Crippen LogP contribution >= 0.6 is 0 Å². The summed E-state index contributed by atoms with van der Waals surface area (Å²) < 4.78 is 49.2. The number of carbonyl (C=O) groups excluding carboxylic acids is 1. The summed E-state index contributed by atoms with van der Waals surface area (Å²) in [6.45, 7) is 2.75. The number of hydrogen-bond donors (Lipinski definition) is 2. The molecule has 1 aromatic carbocycles. The predicted molar refractivity (Wildman–Crippen MR) is 65.4 cm³/mol. The van der Waals surface area contributed by atoms with E-state index in [4.69, 9.17) is 0 Å². The number of halogens is 2. The van der Waals surface area contributed by atoms with Gasteiger partial charge in [0.05, 0.1) is 11.6 Å². The number of benzene rings is 1. The van der Waals surface area contributed by atoms with Crippen LogP contribution in [0, 0.1) is 0 Å². The van der Waals surface area contributed by atoms with E-state index in [1.54, 1.807) is 13.8 Å². The highest BCUT2D eigenvalue weighted by Gasteiger charge is 2.22. The minimum atomic E-state index is -4.14. The molecule has 0 atom stereocenters. The molecular weight excluding hydrogens is 278 g/mol. The Labute approximate surface area is 110 Å². The lowest BCUT2D eigenvalue weighted by molar-refractivity contribution is 0.222. The Morgan fingerprint density at radius 1 is 1.26 bits per heavy atom. The highest BCUT2D eigenvalue weighted by molar-refractivity contribution is 7.90. The number of carbonyl (C=O) groups is 1. The van der Waals surface area contributed by atoms with Gasteiger partial charge in [0.25, 0.3) is 10.0 Å². The molecule has 5 nitrogen and oxygen atoms in total. The van der Waals surface area contributed by atoms with Crippen LogP contribution in [0.1, 0.15) is 19.4 Å². The van der Waals surface area contributed by atoms with Crippen molar-refractivity contribution in [3.8, 4) is 0 Å². The van der Waals surface area contributed by atoms with Crippen molar-refractivity contribution in [1.29, 1.82) is 0 Å². The summed E-state index contributed by atoms with van der Waals surface area (Å²) in [6, 6.07) is 3.86. The second-order valence-electron chi connectivity index (χ2n) is 4.57. The Bertz CT molecular complexity index is 556. The highest BCUT2D eigenvalue weighted by atomic mass is 32.2. The summed E-state index contributed by atoms with van der Waals surface area (Å²) in [4.78, 5) is 10.4. The molecule has 0 aromatic heterocycles. The molecule has 0 radical (unpaired) electrons. The maximum absolute atomic E-state index is 12.8. The van der Waals surface area contributed by atoms with Gasteiger partial charge in [0.2, 0.25) is 0 Å². The Kier molecular flexibility index (Phi) is 4.46. The lowest BCUT2D eigenvalue weighted by Gasteiger charge is -2.21. The van der Waals surface area contributed by atoms with Crippen molar-refractivity contribution >= 4 is 16.1 Å². The van der Waals surface area contributed by atoms with Crippen molar-refractivity contribution in [1.82, 2.24) is 10.3 Å². The first-order valence-corrected chi connectivity index (χ1v) is 6.81. The lowest BCUT2D eigenvalue weighted by atomic mass is 9.86. The predicted octanol–water partition coefficient (Wildman–Crippen LogP) is 1.81. The first kappa shape index (κ1) is 15.4. The summed E-state index contributed by atoms with van der Waals surface area (Å²) in [7, 11) is -4.14. The number of nitrogens with one attached hydrogen (secondary N) is 2. The SMILES string of the molecule is CC(C)(CF)c1ccc(S(=O)(=O)NC(=O)NF)cc1. The van der Waals surface area contributed by atoms with Gasteiger partial charge in [0.15, 0.2) is 0 Å². The Morgan fingerprint density at radius 3 is 2.21 bits per heavy atom. The Balaban J connectivity index is 3.02. The topological polar surface area (TPSA) is 75.3 Å². The molecule has 0 aliphatic rings. The van der Waals surface area contributed by atoms with Gasteiger partial charge in [-0.3, -0.25) is 4.39 Å². The summed E-state index contributed by atoms with van der Waals surface area (Å²) in [5.41, 5.74) is 0.541. The van der Waals surface area contributed by atoms with Crippen molar-refractivity contribution in [3.63, 3.8) is 0 Å². The number of rotatable bonds is 4. The van der Waals surface area contributed by atoms with Crippen molar-refractivity contribution < 1.29 is 22.1 Å². The molecule has 0 bridgehead atoms. The van der Waals surface area contributed by atoms with E-state index in [1.807, 2.05) is 0 Å². The highest BCUT2D eigenvalue weighted by Crippen LogP contribution is 2.24. The van der Waals surface area contributed by atoms with E-state index < -0.39 is 28.1 Å². The zero-order chi connectivity index (χ0) is 14.7. The number of hydrogen-bond acceptors (Lipinski definition) is 3. The average Bonchev–Trinajstić information content (AvgIpc) is 2.38. The molecule has 106 valence electrons. The van der Waals surface area contributed by atoms with E-state index in [1.165, 1.54) is 29.0 Å². The molecule has 2 N–H and O–H groups in total. The van der Waals surface area contributed by atoms with E-state index in [0.717, 1.165) is 0 Å². The van der Waals surface area contributed by atoms with E-state index in [-0.39, 0.29) is 4.90 Å². The molecule has 0 spiro atoms. The standard InChI is InChI=1S/C11H14F2N2O3S/c1-11(2,7-12)8-3-5-9(6-4-8)19(17,18)15-10(16)14-13/h3-6H,7H2,1-2H3,(H2,14,15,16). The number of urea groups is 1. The van der Waals surface area contributed by atoms with E-state index in [2.05, 4.69) is 0 Å². The molecule has 0 unspecified atom stereocenters. The van der Waals surface area contributed by atoms with Crippen LogP contribution in [0.25, 0.3) is 0 Å². The second kappa shape index (κ2) is 5.52. The summed E-state index contributed by atoms with van der Waals surface area (Å²) in [6.07, 6.45) is 0. The molecular formula is C11H14F2N2O3S. The lowest BCUT2D eigenvalue weighted by Crippen LogP contribution is -2.35. The third kappa shape index (κ3) is 3.63. The number of alkyl halides is 1. The van der Waals surface area contributed by atoms with Crippen LogP contribution < -0.4 is 10.3 Å². The van der Waals surface area contributed by atoms with Gasteiger partial charge < -0.3 is 0 Å². The van der Waals surface area contributed by atoms with Crippen LogP contribution in [-0.2, 0) is 15.4 Å². The molecule has 0 saturated heterocycles. The monoisotopic (exact) mass is 292 g/mol. The third-order valence-electron chi connectivity index (χ3n) is 2.59. The van der Waals surface area contributed by atoms with Gasteiger partial charge in [0.1, 0.15) is 0 Å². The van der Waals surface area contributed by atoms with Gasteiger partial charge >= 0.3 is 6.03 Å². The fourth-order valence-corrected chi connectivity index (χ4v) is 2.26. The van der Waals surface area contributed by atoms with Crippen molar-refractivity contribution in [2.75, 3.05) is 6.67 Å². The number of amides is 2. The van der Waals surface area contributed by atoms with Crippen LogP contribution in [0.15, 0.2) is 29.2 Å². The third-order valence-corrected chi connectivity index (χ3v) is 3.94. The summed E-state index contributed by atoms with van der Waals surface area (Å²) in [5, 5.41) is 0. The van der Waals surface area contributed by atoms with Gasteiger partial charge in [0, 0.05) is 5.41 Å². The van der Waals surface area contributed by atoms with Crippen molar-refractivity contribution in [3.05, 3.63) is 29.8 Å². The molecule has 1 aromatic rings. The molecule has 0 aliphatic carbocycles. The average molecular weight is 292 g/mol. The molecule has 0 fully saturated rings. The molecule has 0 aliphatic heterocycles. The van der Waals surface area contributed by atoms with Gasteiger partial charge in [-0.1, -0.05) is 30.5 Å². The van der Waals surface area contributed by atoms with Crippen LogP contribution in [-0.4, -0.2) is 21.1 Å². The number of sulfonamides is 1. The normalized spacial score (nSPS) is 12.0. The maximum atomic E-state index is 12.8. The molecule has 0 heterocycles. The van der Waals surface area contributed by atoms with E-state index in [9.17, 15) is 22.1 Å². The quantitative estimate of drug-likeness (QED) is 0.831. The van der Waals surface area contributed by atoms with Crippen molar-refractivity contribution in [2.24, 2.45) is 0 Å². The molecule has 8 heteroatoms. The zero-order valence-corrected chi connectivity index (χ0v) is 11.2. The maximum Gasteiger partial charge on any atom is 0.356 e. The minimum Gasteiger partial charge on any atom is -0.250 e. The largest absolute Gasteiger partial charge is 0.356 e. The Morgan fingerprint density at radius 2 is 1.79 bits per heavy atom. The van der Waals surface area contributed by atoms with Crippen LogP contribution in [0.5, 0.6) is 0 Å². The first-order chi connectivity index (χ1) is 8.73.